The third kappa shape index (κ3) is 5.75. The lowest BCUT2D eigenvalue weighted by atomic mass is 9.98. The highest BCUT2D eigenvalue weighted by molar-refractivity contribution is 5.97. The summed E-state index contributed by atoms with van der Waals surface area (Å²) in [5.41, 5.74) is 3.02. The van der Waals surface area contributed by atoms with Crippen LogP contribution in [-0.4, -0.2) is 44.3 Å². The molecule has 0 atom stereocenters. The van der Waals surface area contributed by atoms with Crippen LogP contribution in [0.25, 0.3) is 22.3 Å². The van der Waals surface area contributed by atoms with Crippen molar-refractivity contribution in [3.05, 3.63) is 118 Å². The van der Waals surface area contributed by atoms with Crippen molar-refractivity contribution in [3.8, 4) is 34.1 Å². The van der Waals surface area contributed by atoms with E-state index in [4.69, 9.17) is 0 Å². The Morgan fingerprint density at radius 1 is 0.395 bits per heavy atom. The van der Waals surface area contributed by atoms with Crippen LogP contribution < -0.4 is 0 Å². The molecule has 0 heterocycles. The molecule has 0 bridgehead atoms. The van der Waals surface area contributed by atoms with Gasteiger partial charge in [-0.25, -0.2) is 19.2 Å². The monoisotopic (exact) mass is 506 g/mol. The summed E-state index contributed by atoms with van der Waals surface area (Å²) < 4.78 is 0. The van der Waals surface area contributed by atoms with Crippen LogP contribution in [-0.2, 0) is 0 Å². The van der Waals surface area contributed by atoms with E-state index in [1.54, 1.807) is 48.5 Å². The van der Waals surface area contributed by atoms with Crippen molar-refractivity contribution >= 4 is 23.9 Å². The van der Waals surface area contributed by atoms with Crippen LogP contribution in [0.15, 0.2) is 84.9 Å². The first kappa shape index (κ1) is 25.4. The van der Waals surface area contributed by atoms with Crippen LogP contribution in [0.3, 0.4) is 0 Å². The third-order valence-corrected chi connectivity index (χ3v) is 5.64. The smallest absolute Gasteiger partial charge is 0.335 e. The highest BCUT2D eigenvalue weighted by Gasteiger charge is 2.13. The number of aromatic carboxylic acids is 4. The molecule has 38 heavy (non-hydrogen) atoms. The van der Waals surface area contributed by atoms with E-state index >= 15 is 0 Å². The number of hydrogen-bond donors (Lipinski definition) is 4. The number of rotatable bonds is 6. The van der Waals surface area contributed by atoms with Gasteiger partial charge >= 0.3 is 23.9 Å². The van der Waals surface area contributed by atoms with Gasteiger partial charge in [-0.3, -0.25) is 0 Å². The van der Waals surface area contributed by atoms with Crippen molar-refractivity contribution in [3.63, 3.8) is 0 Å². The molecule has 0 aromatic heterocycles. The van der Waals surface area contributed by atoms with E-state index in [1.165, 1.54) is 24.3 Å². The SMILES string of the molecule is O=C(O)c1cc(C(=O)O)cc(-c2ccc(C#Cc3ccc(-c4cc(C(=O)O)cc(C(=O)O)c4)cc3)cc2)c1. The van der Waals surface area contributed by atoms with Crippen molar-refractivity contribution in [1.29, 1.82) is 0 Å². The molecule has 0 radical (unpaired) electrons. The van der Waals surface area contributed by atoms with Crippen LogP contribution in [0.2, 0.25) is 0 Å². The first-order valence-electron chi connectivity index (χ1n) is 11.1. The molecule has 0 amide bonds. The second-order valence-corrected chi connectivity index (χ2v) is 8.22. The Labute approximate surface area is 216 Å². The van der Waals surface area contributed by atoms with E-state index in [2.05, 4.69) is 11.8 Å². The molecule has 0 unspecified atom stereocenters. The van der Waals surface area contributed by atoms with Crippen molar-refractivity contribution in [2.75, 3.05) is 0 Å². The maximum absolute atomic E-state index is 11.4. The minimum Gasteiger partial charge on any atom is -0.478 e. The second-order valence-electron chi connectivity index (χ2n) is 8.22. The molecule has 0 saturated heterocycles. The molecule has 0 aliphatic heterocycles. The molecule has 186 valence electrons. The molecule has 4 aromatic carbocycles. The molecule has 0 fully saturated rings. The zero-order valence-corrected chi connectivity index (χ0v) is 19.5. The average Bonchev–Trinajstić information content (AvgIpc) is 2.91. The summed E-state index contributed by atoms with van der Waals surface area (Å²) in [6, 6.07) is 21.6. The molecule has 8 nitrogen and oxygen atoms in total. The number of carbonyl (C=O) groups is 4. The van der Waals surface area contributed by atoms with Crippen molar-refractivity contribution in [1.82, 2.24) is 0 Å². The minimum atomic E-state index is -1.22. The van der Waals surface area contributed by atoms with Gasteiger partial charge in [0.15, 0.2) is 0 Å². The topological polar surface area (TPSA) is 149 Å². The first-order valence-corrected chi connectivity index (χ1v) is 11.1. The van der Waals surface area contributed by atoms with Gasteiger partial charge in [-0.1, -0.05) is 36.1 Å². The summed E-state index contributed by atoms with van der Waals surface area (Å²) in [6.45, 7) is 0. The van der Waals surface area contributed by atoms with Gasteiger partial charge in [0.2, 0.25) is 0 Å². The van der Waals surface area contributed by atoms with Gasteiger partial charge in [-0.2, -0.15) is 0 Å². The van der Waals surface area contributed by atoms with Gasteiger partial charge in [0.05, 0.1) is 22.3 Å². The van der Waals surface area contributed by atoms with Crippen LogP contribution in [0.4, 0.5) is 0 Å². The molecule has 4 aromatic rings. The summed E-state index contributed by atoms with van der Waals surface area (Å²) in [4.78, 5) is 45.4. The summed E-state index contributed by atoms with van der Waals surface area (Å²) >= 11 is 0. The zero-order valence-electron chi connectivity index (χ0n) is 19.5. The zero-order chi connectivity index (χ0) is 27.4. The van der Waals surface area contributed by atoms with Crippen molar-refractivity contribution in [2.45, 2.75) is 0 Å². The van der Waals surface area contributed by atoms with Crippen molar-refractivity contribution < 1.29 is 39.6 Å². The van der Waals surface area contributed by atoms with E-state index in [0.29, 0.717) is 33.4 Å². The first-order chi connectivity index (χ1) is 18.1. The Morgan fingerprint density at radius 2 is 0.658 bits per heavy atom. The lowest BCUT2D eigenvalue weighted by Crippen LogP contribution is -2.03. The van der Waals surface area contributed by atoms with Gasteiger partial charge in [0.25, 0.3) is 0 Å². The number of hydrogen-bond acceptors (Lipinski definition) is 4. The average molecular weight is 506 g/mol. The lowest BCUT2D eigenvalue weighted by molar-refractivity contribution is 0.0676. The second kappa shape index (κ2) is 10.5. The van der Waals surface area contributed by atoms with Gasteiger partial charge in [-0.15, -0.1) is 0 Å². The Kier molecular flexibility index (Phi) is 7.03. The molecular formula is C30H18O8. The fourth-order valence-corrected chi connectivity index (χ4v) is 3.72. The van der Waals surface area contributed by atoms with E-state index in [-0.39, 0.29) is 22.3 Å². The highest BCUT2D eigenvalue weighted by Crippen LogP contribution is 2.25. The van der Waals surface area contributed by atoms with Crippen molar-refractivity contribution in [2.24, 2.45) is 0 Å². The molecular weight excluding hydrogens is 488 g/mol. The number of carboxylic acids is 4. The maximum atomic E-state index is 11.4. The standard InChI is InChI=1S/C30H18O8/c31-27(32)23-11-21(12-24(15-23)28(33)34)19-7-3-17(4-8-19)1-2-18-5-9-20(10-6-18)22-13-25(29(35)36)16-26(14-22)30(37)38/h3-16H,(H,31,32)(H,33,34)(H,35,36)(H,37,38). The number of benzene rings is 4. The lowest BCUT2D eigenvalue weighted by Gasteiger charge is -2.06. The molecule has 0 spiro atoms. The summed E-state index contributed by atoms with van der Waals surface area (Å²) in [7, 11) is 0. The largest absolute Gasteiger partial charge is 0.478 e. The van der Waals surface area contributed by atoms with Gasteiger partial charge in [-0.05, 0) is 82.9 Å². The Balaban J connectivity index is 1.56. The van der Waals surface area contributed by atoms with Crippen LogP contribution in [0.5, 0.6) is 0 Å². The molecule has 0 aliphatic rings. The Bertz CT molecular complexity index is 1470. The van der Waals surface area contributed by atoms with E-state index < -0.39 is 23.9 Å². The maximum Gasteiger partial charge on any atom is 0.335 e. The Hall–Kier alpha value is -5.68. The van der Waals surface area contributed by atoms with Crippen LogP contribution >= 0.6 is 0 Å². The molecule has 8 heteroatoms. The summed E-state index contributed by atoms with van der Waals surface area (Å²) in [5, 5.41) is 37.1. The predicted molar refractivity (Wildman–Crippen MR) is 138 cm³/mol. The Morgan fingerprint density at radius 3 is 0.895 bits per heavy atom. The fraction of sp³-hybridized carbons (Fsp3) is 0. The molecule has 0 saturated carbocycles. The third-order valence-electron chi connectivity index (χ3n) is 5.64. The van der Waals surface area contributed by atoms with Gasteiger partial charge in [0, 0.05) is 11.1 Å². The van der Waals surface area contributed by atoms with Crippen LogP contribution in [0, 0.1) is 11.8 Å². The summed E-state index contributed by atoms with van der Waals surface area (Å²) in [5.74, 6) is 1.14. The molecule has 4 N–H and O–H groups in total. The van der Waals surface area contributed by atoms with Gasteiger partial charge in [0.1, 0.15) is 0 Å². The normalized spacial score (nSPS) is 10.2. The van der Waals surface area contributed by atoms with E-state index in [9.17, 15) is 39.6 Å². The predicted octanol–water partition coefficient (Wildman–Crippen LogP) is 5.21. The van der Waals surface area contributed by atoms with Crippen LogP contribution in [0.1, 0.15) is 52.6 Å². The number of carboxylic acid groups (broad SMARTS) is 4. The minimum absolute atomic E-state index is 0.124. The molecule has 4 rings (SSSR count). The summed E-state index contributed by atoms with van der Waals surface area (Å²) in [6.07, 6.45) is 0. The molecule has 0 aliphatic carbocycles. The van der Waals surface area contributed by atoms with E-state index in [1.807, 2.05) is 0 Å². The quantitative estimate of drug-likeness (QED) is 0.260. The fourth-order valence-electron chi connectivity index (χ4n) is 3.72. The highest BCUT2D eigenvalue weighted by atomic mass is 16.4. The van der Waals surface area contributed by atoms with E-state index in [0.717, 1.165) is 12.1 Å². The van der Waals surface area contributed by atoms with Gasteiger partial charge < -0.3 is 20.4 Å².